The highest BCUT2D eigenvalue weighted by atomic mass is 32.2. The van der Waals surface area contributed by atoms with E-state index >= 15 is 0 Å². The quantitative estimate of drug-likeness (QED) is 0.192. The van der Waals surface area contributed by atoms with Crippen LogP contribution < -0.4 is 4.90 Å². The van der Waals surface area contributed by atoms with Crippen LogP contribution in [-0.2, 0) is 0 Å². The third kappa shape index (κ3) is 3.96. The molecule has 0 N–H and O–H groups in total. The summed E-state index contributed by atoms with van der Waals surface area (Å²) < 4.78 is 0. The molecule has 44 heavy (non-hydrogen) atoms. The third-order valence-electron chi connectivity index (χ3n) is 8.83. The van der Waals surface area contributed by atoms with Crippen LogP contribution in [0.5, 0.6) is 0 Å². The zero-order valence-electron chi connectivity index (χ0n) is 23.9. The number of anilines is 3. The summed E-state index contributed by atoms with van der Waals surface area (Å²) in [5.74, 6) is 0. The summed E-state index contributed by atoms with van der Waals surface area (Å²) in [7, 11) is 0. The van der Waals surface area contributed by atoms with Gasteiger partial charge in [-0.15, -0.1) is 0 Å². The number of fused-ring (bicyclic) bond motifs is 8. The van der Waals surface area contributed by atoms with E-state index in [9.17, 15) is 0 Å². The van der Waals surface area contributed by atoms with Crippen LogP contribution in [0.2, 0.25) is 0 Å². The first kappa shape index (κ1) is 25.2. The fraction of sp³-hybridized carbons (Fsp3) is 0. The molecule has 9 rings (SSSR count). The molecule has 0 amide bonds. The van der Waals surface area contributed by atoms with Crippen LogP contribution in [0.25, 0.3) is 54.6 Å². The highest BCUT2D eigenvalue weighted by Gasteiger charge is 2.26. The SMILES string of the molecule is c1ccc(-c2cc(-c3ccc4c5ccccc5c5ccccc5c4c3)ccc2N2c3ccccc3Sc3ccccc32)cc1. The normalized spacial score (nSPS) is 12.4. The molecular weight excluding hydrogens is 551 g/mol. The summed E-state index contributed by atoms with van der Waals surface area (Å²) in [5.41, 5.74) is 8.45. The van der Waals surface area contributed by atoms with Crippen molar-refractivity contribution in [2.45, 2.75) is 9.79 Å². The molecule has 0 spiro atoms. The van der Waals surface area contributed by atoms with Crippen LogP contribution in [0.1, 0.15) is 0 Å². The van der Waals surface area contributed by atoms with E-state index in [1.54, 1.807) is 0 Å². The van der Waals surface area contributed by atoms with E-state index in [1.807, 2.05) is 11.8 Å². The lowest BCUT2D eigenvalue weighted by atomic mass is 9.91. The average Bonchev–Trinajstić information content (AvgIpc) is 3.11. The summed E-state index contributed by atoms with van der Waals surface area (Å²) in [6, 6.07) is 59.8. The van der Waals surface area contributed by atoms with Gasteiger partial charge < -0.3 is 4.90 Å². The second-order valence-electron chi connectivity index (χ2n) is 11.3. The zero-order valence-corrected chi connectivity index (χ0v) is 24.8. The van der Waals surface area contributed by atoms with Gasteiger partial charge in [-0.25, -0.2) is 0 Å². The Balaban J connectivity index is 1.28. The van der Waals surface area contributed by atoms with Crippen LogP contribution in [0.15, 0.2) is 174 Å². The van der Waals surface area contributed by atoms with Crippen molar-refractivity contribution >= 4 is 61.1 Å². The zero-order chi connectivity index (χ0) is 29.0. The number of hydrogen-bond donors (Lipinski definition) is 0. The van der Waals surface area contributed by atoms with Crippen LogP contribution in [0.3, 0.4) is 0 Å². The van der Waals surface area contributed by atoms with Crippen molar-refractivity contribution in [1.82, 2.24) is 0 Å². The number of para-hydroxylation sites is 2. The van der Waals surface area contributed by atoms with Gasteiger partial charge in [-0.1, -0.05) is 133 Å². The lowest BCUT2D eigenvalue weighted by Gasteiger charge is -2.34. The van der Waals surface area contributed by atoms with Crippen molar-refractivity contribution in [2.24, 2.45) is 0 Å². The van der Waals surface area contributed by atoms with Gasteiger partial charge >= 0.3 is 0 Å². The monoisotopic (exact) mass is 577 g/mol. The summed E-state index contributed by atoms with van der Waals surface area (Å²) in [6.45, 7) is 0. The maximum absolute atomic E-state index is 2.44. The van der Waals surface area contributed by atoms with E-state index in [-0.39, 0.29) is 0 Å². The van der Waals surface area contributed by atoms with Crippen LogP contribution in [0.4, 0.5) is 17.1 Å². The fourth-order valence-electron chi connectivity index (χ4n) is 6.81. The Morgan fingerprint density at radius 2 is 0.795 bits per heavy atom. The first-order valence-electron chi connectivity index (χ1n) is 15.0. The molecule has 0 unspecified atom stereocenters. The predicted molar refractivity (Wildman–Crippen MR) is 189 cm³/mol. The second kappa shape index (κ2) is 10.2. The van der Waals surface area contributed by atoms with Gasteiger partial charge in [0.25, 0.3) is 0 Å². The number of rotatable bonds is 3. The van der Waals surface area contributed by atoms with Gasteiger partial charge in [0.1, 0.15) is 0 Å². The Bertz CT molecular complexity index is 2290. The Kier molecular flexibility index (Phi) is 5.82. The van der Waals surface area contributed by atoms with Crippen molar-refractivity contribution in [3.63, 3.8) is 0 Å². The maximum atomic E-state index is 2.44. The van der Waals surface area contributed by atoms with E-state index in [2.05, 4.69) is 169 Å². The Morgan fingerprint density at radius 3 is 1.43 bits per heavy atom. The standard InChI is InChI=1S/C42H27NS/c1-2-12-28(13-3-1)36-26-30(23-25-38(36)43-39-18-8-10-20-41(39)44-42-21-11-9-19-40(42)43)29-22-24-35-33-16-5-4-14-31(33)32-15-6-7-17-34(32)37(35)27-29/h1-27H. The van der Waals surface area contributed by atoms with E-state index in [0.717, 1.165) is 0 Å². The summed E-state index contributed by atoms with van der Waals surface area (Å²) >= 11 is 1.84. The molecule has 0 saturated carbocycles. The number of benzene rings is 8. The lowest BCUT2D eigenvalue weighted by Crippen LogP contribution is -2.15. The van der Waals surface area contributed by atoms with Crippen molar-refractivity contribution in [3.8, 4) is 22.3 Å². The predicted octanol–water partition coefficient (Wildman–Crippen LogP) is 12.4. The highest BCUT2D eigenvalue weighted by Crippen LogP contribution is 2.53. The molecule has 1 aliphatic heterocycles. The first-order chi connectivity index (χ1) is 21.8. The van der Waals surface area contributed by atoms with E-state index in [0.29, 0.717) is 0 Å². The van der Waals surface area contributed by atoms with Gasteiger partial charge in [-0.2, -0.15) is 0 Å². The molecule has 0 fully saturated rings. The number of hydrogen-bond acceptors (Lipinski definition) is 2. The molecule has 0 aromatic heterocycles. The minimum Gasteiger partial charge on any atom is -0.308 e. The molecule has 0 saturated heterocycles. The number of nitrogens with zero attached hydrogens (tertiary/aromatic N) is 1. The Morgan fingerprint density at radius 1 is 0.318 bits per heavy atom. The molecule has 0 atom stereocenters. The van der Waals surface area contributed by atoms with E-state index < -0.39 is 0 Å². The molecule has 8 aromatic carbocycles. The summed E-state index contributed by atoms with van der Waals surface area (Å²) in [5, 5.41) is 7.78. The van der Waals surface area contributed by atoms with Crippen molar-refractivity contribution < 1.29 is 0 Å². The molecule has 206 valence electrons. The lowest BCUT2D eigenvalue weighted by molar-refractivity contribution is 1.17. The summed E-state index contributed by atoms with van der Waals surface area (Å²) in [4.78, 5) is 4.97. The third-order valence-corrected chi connectivity index (χ3v) is 9.96. The molecule has 0 aliphatic carbocycles. The molecule has 0 bridgehead atoms. The highest BCUT2D eigenvalue weighted by molar-refractivity contribution is 7.99. The molecule has 1 nitrogen and oxygen atoms in total. The fourth-order valence-corrected chi connectivity index (χ4v) is 7.87. The minimum absolute atomic E-state index is 1.18. The van der Waals surface area contributed by atoms with Gasteiger partial charge in [-0.3, -0.25) is 0 Å². The van der Waals surface area contributed by atoms with Crippen LogP contribution in [-0.4, -0.2) is 0 Å². The van der Waals surface area contributed by atoms with Gasteiger partial charge in [0, 0.05) is 15.4 Å². The second-order valence-corrected chi connectivity index (χ2v) is 12.4. The van der Waals surface area contributed by atoms with E-state index in [4.69, 9.17) is 0 Å². The molecule has 1 aliphatic rings. The Labute approximate surface area is 261 Å². The average molecular weight is 578 g/mol. The molecule has 1 heterocycles. The van der Waals surface area contributed by atoms with Crippen molar-refractivity contribution in [3.05, 3.63) is 164 Å². The molecule has 8 aromatic rings. The van der Waals surface area contributed by atoms with Crippen molar-refractivity contribution in [2.75, 3.05) is 4.90 Å². The van der Waals surface area contributed by atoms with Crippen LogP contribution >= 0.6 is 11.8 Å². The molecule has 2 heteroatoms. The maximum Gasteiger partial charge on any atom is 0.0601 e. The van der Waals surface area contributed by atoms with Gasteiger partial charge in [-0.05, 0) is 91.5 Å². The van der Waals surface area contributed by atoms with Crippen LogP contribution in [0, 0.1) is 0 Å². The van der Waals surface area contributed by atoms with Gasteiger partial charge in [0.15, 0.2) is 0 Å². The van der Waals surface area contributed by atoms with Gasteiger partial charge in [0.2, 0.25) is 0 Å². The van der Waals surface area contributed by atoms with Crippen molar-refractivity contribution in [1.29, 1.82) is 0 Å². The largest absolute Gasteiger partial charge is 0.308 e. The molecular formula is C42H27NS. The van der Waals surface area contributed by atoms with E-state index in [1.165, 1.54) is 81.4 Å². The van der Waals surface area contributed by atoms with Gasteiger partial charge in [0.05, 0.1) is 17.1 Å². The summed E-state index contributed by atoms with van der Waals surface area (Å²) in [6.07, 6.45) is 0. The first-order valence-corrected chi connectivity index (χ1v) is 15.8. The molecule has 0 radical (unpaired) electrons. The smallest absolute Gasteiger partial charge is 0.0601 e. The topological polar surface area (TPSA) is 3.24 Å². The Hall–Kier alpha value is -5.31. The minimum atomic E-state index is 1.18.